The molecule has 0 heterocycles. The predicted octanol–water partition coefficient (Wildman–Crippen LogP) is 4.53. The minimum absolute atomic E-state index is 0.0743. The number of fused-ring (bicyclic) bond motifs is 1. The molecule has 3 rings (SSSR count). The van der Waals surface area contributed by atoms with Crippen molar-refractivity contribution in [3.63, 3.8) is 0 Å². The van der Waals surface area contributed by atoms with Gasteiger partial charge in [-0.15, -0.1) is 0 Å². The zero-order chi connectivity index (χ0) is 20.3. The number of methoxy groups -OCH3 is 3. The normalized spacial score (nSPS) is 14.8. The molecule has 0 aromatic heterocycles. The molecule has 0 spiro atoms. The van der Waals surface area contributed by atoms with Crippen molar-refractivity contribution in [2.24, 2.45) is 0 Å². The molecule has 0 fully saturated rings. The standard InChI is InChI=1S/C21H20F2O5/c1-25-15-6-7-16-13(11-15)4-5-14(19(16)24)8-12-9-17(26-2)20(28-21(22)23)18(10-12)27-3/h6-11,21H,4-5H2,1-3H3/b14-8-. The van der Waals surface area contributed by atoms with E-state index in [2.05, 4.69) is 4.74 Å². The summed E-state index contributed by atoms with van der Waals surface area (Å²) in [5.41, 5.74) is 2.78. The third kappa shape index (κ3) is 3.93. The summed E-state index contributed by atoms with van der Waals surface area (Å²) in [6.07, 6.45) is 2.97. The Labute approximate surface area is 161 Å². The molecule has 28 heavy (non-hydrogen) atoms. The van der Waals surface area contributed by atoms with E-state index in [4.69, 9.17) is 14.2 Å². The number of hydrogen-bond donors (Lipinski definition) is 0. The average molecular weight is 390 g/mol. The molecule has 0 amide bonds. The van der Waals surface area contributed by atoms with Crippen LogP contribution in [0.25, 0.3) is 6.08 Å². The van der Waals surface area contributed by atoms with Crippen molar-refractivity contribution in [2.45, 2.75) is 19.5 Å². The van der Waals surface area contributed by atoms with E-state index >= 15 is 0 Å². The van der Waals surface area contributed by atoms with Crippen LogP contribution >= 0.6 is 0 Å². The Morgan fingerprint density at radius 3 is 2.21 bits per heavy atom. The molecule has 5 nitrogen and oxygen atoms in total. The maximum absolute atomic E-state index is 12.8. The first kappa shape index (κ1) is 19.7. The number of Topliss-reactive ketones (excluding diaryl/α,β-unsaturated/α-hetero) is 1. The van der Waals surface area contributed by atoms with Gasteiger partial charge in [-0.05, 0) is 60.4 Å². The highest BCUT2D eigenvalue weighted by Crippen LogP contribution is 2.40. The molecule has 0 aliphatic heterocycles. The first-order valence-corrected chi connectivity index (χ1v) is 8.59. The van der Waals surface area contributed by atoms with Gasteiger partial charge in [-0.3, -0.25) is 4.79 Å². The van der Waals surface area contributed by atoms with Crippen molar-refractivity contribution in [1.82, 2.24) is 0 Å². The van der Waals surface area contributed by atoms with E-state index in [1.807, 2.05) is 6.07 Å². The number of allylic oxidation sites excluding steroid dienone is 1. The van der Waals surface area contributed by atoms with E-state index in [1.54, 1.807) is 25.3 Å². The maximum Gasteiger partial charge on any atom is 0.387 e. The molecule has 0 atom stereocenters. The van der Waals surface area contributed by atoms with E-state index in [9.17, 15) is 13.6 Å². The van der Waals surface area contributed by atoms with Crippen LogP contribution in [0.1, 0.15) is 27.9 Å². The van der Waals surface area contributed by atoms with E-state index in [0.29, 0.717) is 35.3 Å². The molecule has 148 valence electrons. The number of hydrogen-bond acceptors (Lipinski definition) is 5. The largest absolute Gasteiger partial charge is 0.497 e. The lowest BCUT2D eigenvalue weighted by Crippen LogP contribution is -2.14. The highest BCUT2D eigenvalue weighted by molar-refractivity contribution is 6.13. The Hall–Kier alpha value is -3.09. The highest BCUT2D eigenvalue weighted by atomic mass is 19.3. The Morgan fingerprint density at radius 2 is 1.64 bits per heavy atom. The Kier molecular flexibility index (Phi) is 5.82. The van der Waals surface area contributed by atoms with Gasteiger partial charge in [-0.2, -0.15) is 8.78 Å². The molecule has 0 saturated carbocycles. The average Bonchev–Trinajstić information content (AvgIpc) is 2.70. The van der Waals surface area contributed by atoms with Gasteiger partial charge in [0.1, 0.15) is 5.75 Å². The van der Waals surface area contributed by atoms with Crippen LogP contribution in [0, 0.1) is 0 Å². The maximum atomic E-state index is 12.8. The molecule has 2 aromatic rings. The smallest absolute Gasteiger partial charge is 0.387 e. The second kappa shape index (κ2) is 8.29. The lowest BCUT2D eigenvalue weighted by molar-refractivity contribution is -0.0526. The van der Waals surface area contributed by atoms with Gasteiger partial charge in [-0.25, -0.2) is 0 Å². The summed E-state index contributed by atoms with van der Waals surface area (Å²) in [5, 5.41) is 0. The van der Waals surface area contributed by atoms with E-state index in [-0.39, 0.29) is 23.0 Å². The second-order valence-corrected chi connectivity index (χ2v) is 6.15. The van der Waals surface area contributed by atoms with E-state index in [1.165, 1.54) is 26.4 Å². The zero-order valence-electron chi connectivity index (χ0n) is 15.8. The molecular formula is C21H20F2O5. The van der Waals surface area contributed by atoms with Gasteiger partial charge in [-0.1, -0.05) is 0 Å². The minimum atomic E-state index is -3.01. The summed E-state index contributed by atoms with van der Waals surface area (Å²) in [5.74, 6) is 0.646. The van der Waals surface area contributed by atoms with Gasteiger partial charge in [0.05, 0.1) is 21.3 Å². The topological polar surface area (TPSA) is 54.0 Å². The van der Waals surface area contributed by atoms with E-state index in [0.717, 1.165) is 5.56 Å². The minimum Gasteiger partial charge on any atom is -0.497 e. The highest BCUT2D eigenvalue weighted by Gasteiger charge is 2.23. The summed E-state index contributed by atoms with van der Waals surface area (Å²) >= 11 is 0. The molecule has 1 aliphatic carbocycles. The fraction of sp³-hybridized carbons (Fsp3) is 0.286. The number of alkyl halides is 2. The number of ether oxygens (including phenoxy) is 4. The van der Waals surface area contributed by atoms with Crippen LogP contribution in [0.3, 0.4) is 0 Å². The van der Waals surface area contributed by atoms with Crippen LogP contribution in [-0.2, 0) is 6.42 Å². The van der Waals surface area contributed by atoms with Crippen LogP contribution in [0.4, 0.5) is 8.78 Å². The number of carbonyl (C=O) groups excluding carboxylic acids is 1. The van der Waals surface area contributed by atoms with Gasteiger partial charge in [0.15, 0.2) is 17.3 Å². The number of rotatable bonds is 6. The second-order valence-electron chi connectivity index (χ2n) is 6.15. The third-order valence-electron chi connectivity index (χ3n) is 4.54. The van der Waals surface area contributed by atoms with Crippen molar-refractivity contribution < 1.29 is 32.5 Å². The van der Waals surface area contributed by atoms with Gasteiger partial charge in [0.25, 0.3) is 0 Å². The first-order valence-electron chi connectivity index (χ1n) is 8.59. The van der Waals surface area contributed by atoms with Gasteiger partial charge < -0.3 is 18.9 Å². The molecule has 0 N–H and O–H groups in total. The van der Waals surface area contributed by atoms with Crippen LogP contribution in [0.5, 0.6) is 23.0 Å². The molecular weight excluding hydrogens is 370 g/mol. The Balaban J connectivity index is 1.98. The Bertz CT molecular complexity index is 896. The monoisotopic (exact) mass is 390 g/mol. The third-order valence-corrected chi connectivity index (χ3v) is 4.54. The van der Waals surface area contributed by atoms with Gasteiger partial charge >= 0.3 is 6.61 Å². The molecule has 2 aromatic carbocycles. The summed E-state index contributed by atoms with van der Waals surface area (Å²) in [6.45, 7) is -3.01. The molecule has 0 unspecified atom stereocenters. The molecule has 0 bridgehead atoms. The van der Waals surface area contributed by atoms with Crippen molar-refractivity contribution in [2.75, 3.05) is 21.3 Å². The van der Waals surface area contributed by atoms with Gasteiger partial charge in [0, 0.05) is 11.1 Å². The summed E-state index contributed by atoms with van der Waals surface area (Å²) in [4.78, 5) is 12.8. The molecule has 7 heteroatoms. The fourth-order valence-electron chi connectivity index (χ4n) is 3.21. The lowest BCUT2D eigenvalue weighted by Gasteiger charge is -2.19. The van der Waals surface area contributed by atoms with Crippen molar-refractivity contribution in [1.29, 1.82) is 0 Å². The predicted molar refractivity (Wildman–Crippen MR) is 99.8 cm³/mol. The quantitative estimate of drug-likeness (QED) is 0.679. The molecule has 0 radical (unpaired) electrons. The van der Waals surface area contributed by atoms with Crippen molar-refractivity contribution in [3.05, 3.63) is 52.6 Å². The summed E-state index contributed by atoms with van der Waals surface area (Å²) in [6, 6.07) is 8.44. The number of aryl methyl sites for hydroxylation is 1. The number of carbonyl (C=O) groups is 1. The Morgan fingerprint density at radius 1 is 0.964 bits per heavy atom. The fourth-order valence-corrected chi connectivity index (χ4v) is 3.21. The SMILES string of the molecule is COc1ccc2c(c1)CC/C(=C/c1cc(OC)c(OC(F)F)c(OC)c1)C2=O. The van der Waals surface area contributed by atoms with Crippen molar-refractivity contribution in [3.8, 4) is 23.0 Å². The van der Waals surface area contributed by atoms with Crippen LogP contribution < -0.4 is 18.9 Å². The number of benzene rings is 2. The number of ketones is 1. The first-order chi connectivity index (χ1) is 13.5. The van der Waals surface area contributed by atoms with Crippen molar-refractivity contribution >= 4 is 11.9 Å². The lowest BCUT2D eigenvalue weighted by atomic mass is 9.86. The summed E-state index contributed by atoms with van der Waals surface area (Å²) < 4.78 is 45.4. The van der Waals surface area contributed by atoms with Gasteiger partial charge in [0.2, 0.25) is 5.75 Å². The molecule has 1 aliphatic rings. The number of halogens is 2. The van der Waals surface area contributed by atoms with Crippen LogP contribution in [-0.4, -0.2) is 33.7 Å². The summed E-state index contributed by atoms with van der Waals surface area (Å²) in [7, 11) is 4.28. The van der Waals surface area contributed by atoms with Crippen LogP contribution in [0.2, 0.25) is 0 Å². The van der Waals surface area contributed by atoms with Crippen LogP contribution in [0.15, 0.2) is 35.9 Å². The van der Waals surface area contributed by atoms with E-state index < -0.39 is 6.61 Å². The molecule has 0 saturated heterocycles. The zero-order valence-corrected chi connectivity index (χ0v) is 15.8.